The van der Waals surface area contributed by atoms with Gasteiger partial charge in [0.15, 0.2) is 5.69 Å². The lowest BCUT2D eigenvalue weighted by molar-refractivity contribution is 0.0459. The largest absolute Gasteiger partial charge is 0.461 e. The highest BCUT2D eigenvalue weighted by Crippen LogP contribution is 2.18. The van der Waals surface area contributed by atoms with Gasteiger partial charge in [-0.15, -0.1) is 0 Å². The number of nitrogens with one attached hydrogen (secondary N) is 1. The molecular formula is C10H17N3O2. The zero-order valence-corrected chi connectivity index (χ0v) is 9.33. The van der Waals surface area contributed by atoms with Crippen molar-refractivity contribution in [1.29, 1.82) is 0 Å². The highest BCUT2D eigenvalue weighted by molar-refractivity contribution is 5.92. The molecule has 0 aromatic carbocycles. The molecule has 0 saturated carbocycles. The molecule has 0 atom stereocenters. The van der Waals surface area contributed by atoms with Crippen molar-refractivity contribution in [3.05, 3.63) is 11.9 Å². The van der Waals surface area contributed by atoms with E-state index in [0.717, 1.165) is 6.42 Å². The Labute approximate surface area is 89.0 Å². The summed E-state index contributed by atoms with van der Waals surface area (Å²) < 4.78 is 5.05. The Bertz CT molecular complexity index is 339. The van der Waals surface area contributed by atoms with Crippen LogP contribution in [0.3, 0.4) is 0 Å². The van der Waals surface area contributed by atoms with E-state index in [4.69, 9.17) is 10.5 Å². The minimum Gasteiger partial charge on any atom is -0.461 e. The van der Waals surface area contributed by atoms with Crippen LogP contribution in [0.1, 0.15) is 37.7 Å². The zero-order valence-electron chi connectivity index (χ0n) is 9.33. The first-order chi connectivity index (χ1) is 6.90. The first kappa shape index (κ1) is 11.6. The van der Waals surface area contributed by atoms with Gasteiger partial charge in [-0.1, -0.05) is 20.8 Å². The van der Waals surface area contributed by atoms with Crippen LogP contribution in [-0.4, -0.2) is 22.8 Å². The first-order valence-electron chi connectivity index (χ1n) is 4.86. The van der Waals surface area contributed by atoms with Crippen LogP contribution in [0.2, 0.25) is 0 Å². The number of esters is 1. The Morgan fingerprint density at radius 2 is 2.27 bits per heavy atom. The third-order valence-corrected chi connectivity index (χ3v) is 1.96. The third kappa shape index (κ3) is 3.61. The van der Waals surface area contributed by atoms with E-state index in [2.05, 4.69) is 31.0 Å². The van der Waals surface area contributed by atoms with Crippen LogP contribution in [-0.2, 0) is 4.74 Å². The number of nitrogens with zero attached hydrogens (tertiary/aromatic N) is 1. The molecule has 0 aliphatic carbocycles. The summed E-state index contributed by atoms with van der Waals surface area (Å²) in [5.41, 5.74) is 6.20. The number of hydrogen-bond donors (Lipinski definition) is 2. The summed E-state index contributed by atoms with van der Waals surface area (Å²) in [5.74, 6) is -0.450. The summed E-state index contributed by atoms with van der Waals surface area (Å²) in [6.45, 7) is 6.66. The van der Waals surface area contributed by atoms with Crippen LogP contribution in [0.4, 0.5) is 5.69 Å². The second kappa shape index (κ2) is 4.33. The fourth-order valence-electron chi connectivity index (χ4n) is 0.981. The zero-order chi connectivity index (χ0) is 11.5. The van der Waals surface area contributed by atoms with E-state index in [1.165, 1.54) is 6.20 Å². The number of anilines is 1. The van der Waals surface area contributed by atoms with Gasteiger partial charge < -0.3 is 10.5 Å². The lowest BCUT2D eigenvalue weighted by Crippen LogP contribution is -2.14. The molecule has 0 aliphatic heterocycles. The van der Waals surface area contributed by atoms with Gasteiger partial charge in [-0.25, -0.2) is 4.79 Å². The summed E-state index contributed by atoms with van der Waals surface area (Å²) in [4.78, 5) is 11.4. The monoisotopic (exact) mass is 211 g/mol. The molecule has 1 rings (SSSR count). The maximum absolute atomic E-state index is 11.4. The van der Waals surface area contributed by atoms with Crippen LogP contribution in [0.5, 0.6) is 0 Å². The number of aromatic nitrogens is 2. The molecule has 1 aromatic heterocycles. The van der Waals surface area contributed by atoms with E-state index in [1.54, 1.807) is 0 Å². The summed E-state index contributed by atoms with van der Waals surface area (Å²) in [6, 6.07) is 0. The van der Waals surface area contributed by atoms with Gasteiger partial charge in [0, 0.05) is 0 Å². The van der Waals surface area contributed by atoms with Crippen LogP contribution in [0.15, 0.2) is 6.20 Å². The van der Waals surface area contributed by atoms with Crippen molar-refractivity contribution < 1.29 is 9.53 Å². The van der Waals surface area contributed by atoms with Crippen LogP contribution in [0.25, 0.3) is 0 Å². The molecule has 5 heteroatoms. The van der Waals surface area contributed by atoms with E-state index < -0.39 is 5.97 Å². The quantitative estimate of drug-likeness (QED) is 0.744. The minimum absolute atomic E-state index is 0.153. The van der Waals surface area contributed by atoms with Gasteiger partial charge in [0.25, 0.3) is 0 Å². The van der Waals surface area contributed by atoms with Gasteiger partial charge in [0.05, 0.1) is 18.5 Å². The fraction of sp³-hybridized carbons (Fsp3) is 0.600. The Kier molecular flexibility index (Phi) is 3.34. The Hall–Kier alpha value is -1.52. The molecule has 5 nitrogen and oxygen atoms in total. The second-order valence-electron chi connectivity index (χ2n) is 4.65. The number of H-pyrrole nitrogens is 1. The molecule has 0 saturated heterocycles. The maximum Gasteiger partial charge on any atom is 0.358 e. The molecule has 1 aromatic rings. The number of aromatic amines is 1. The average Bonchev–Trinajstić information content (AvgIpc) is 2.48. The third-order valence-electron chi connectivity index (χ3n) is 1.96. The van der Waals surface area contributed by atoms with E-state index in [-0.39, 0.29) is 11.1 Å². The summed E-state index contributed by atoms with van der Waals surface area (Å²) in [6.07, 6.45) is 2.20. The standard InChI is InChI=1S/C10H17N3O2/c1-10(2,3)4-5-15-9(14)8-7(11)6-12-13-8/h6H,4-5,11H2,1-3H3,(H,12,13). The van der Waals surface area contributed by atoms with Gasteiger partial charge in [0.1, 0.15) is 0 Å². The number of carbonyl (C=O) groups excluding carboxylic acids is 1. The number of rotatable bonds is 3. The number of nitrogen functional groups attached to an aromatic ring is 1. The predicted molar refractivity (Wildman–Crippen MR) is 57.4 cm³/mol. The SMILES string of the molecule is CC(C)(C)CCOC(=O)c1[nH]ncc1N. The Morgan fingerprint density at radius 3 is 2.73 bits per heavy atom. The van der Waals surface area contributed by atoms with Crippen molar-refractivity contribution in [2.24, 2.45) is 5.41 Å². The first-order valence-corrected chi connectivity index (χ1v) is 4.86. The van der Waals surface area contributed by atoms with Crippen molar-refractivity contribution in [3.8, 4) is 0 Å². The molecule has 0 unspecified atom stereocenters. The molecule has 3 N–H and O–H groups in total. The molecular weight excluding hydrogens is 194 g/mol. The van der Waals surface area contributed by atoms with Gasteiger partial charge >= 0.3 is 5.97 Å². The molecule has 0 fully saturated rings. The molecule has 0 amide bonds. The predicted octanol–water partition coefficient (Wildman–Crippen LogP) is 1.58. The van der Waals surface area contributed by atoms with Crippen LogP contribution >= 0.6 is 0 Å². The molecule has 0 bridgehead atoms. The van der Waals surface area contributed by atoms with Crippen LogP contribution < -0.4 is 5.73 Å². The normalized spacial score (nSPS) is 11.4. The summed E-state index contributed by atoms with van der Waals surface area (Å²) in [7, 11) is 0. The number of hydrogen-bond acceptors (Lipinski definition) is 4. The van der Waals surface area contributed by atoms with Crippen LogP contribution in [0, 0.1) is 5.41 Å². The highest BCUT2D eigenvalue weighted by Gasteiger charge is 2.15. The smallest absolute Gasteiger partial charge is 0.358 e. The van der Waals surface area contributed by atoms with E-state index in [1.807, 2.05) is 0 Å². The van der Waals surface area contributed by atoms with Gasteiger partial charge in [-0.2, -0.15) is 5.10 Å². The van der Waals surface area contributed by atoms with Crippen molar-refractivity contribution in [1.82, 2.24) is 10.2 Å². The van der Waals surface area contributed by atoms with Gasteiger partial charge in [-0.05, 0) is 11.8 Å². The van der Waals surface area contributed by atoms with E-state index >= 15 is 0 Å². The lowest BCUT2D eigenvalue weighted by atomic mass is 9.93. The topological polar surface area (TPSA) is 81.0 Å². The van der Waals surface area contributed by atoms with Crippen molar-refractivity contribution in [2.45, 2.75) is 27.2 Å². The second-order valence-corrected chi connectivity index (χ2v) is 4.65. The molecule has 15 heavy (non-hydrogen) atoms. The Morgan fingerprint density at radius 1 is 1.60 bits per heavy atom. The van der Waals surface area contributed by atoms with Crippen molar-refractivity contribution >= 4 is 11.7 Å². The van der Waals surface area contributed by atoms with E-state index in [9.17, 15) is 4.79 Å². The van der Waals surface area contributed by atoms with E-state index in [0.29, 0.717) is 12.3 Å². The Balaban J connectivity index is 2.41. The minimum atomic E-state index is -0.450. The number of ether oxygens (including phenoxy) is 1. The maximum atomic E-state index is 11.4. The summed E-state index contributed by atoms with van der Waals surface area (Å²) in [5, 5.41) is 6.15. The molecule has 1 heterocycles. The number of carbonyl (C=O) groups is 1. The highest BCUT2D eigenvalue weighted by atomic mass is 16.5. The molecule has 0 aliphatic rings. The number of nitrogens with two attached hydrogens (primary N) is 1. The molecule has 0 spiro atoms. The molecule has 84 valence electrons. The van der Waals surface area contributed by atoms with Gasteiger partial charge in [0.2, 0.25) is 0 Å². The van der Waals surface area contributed by atoms with Crippen molar-refractivity contribution in [3.63, 3.8) is 0 Å². The van der Waals surface area contributed by atoms with Gasteiger partial charge in [-0.3, -0.25) is 5.10 Å². The average molecular weight is 211 g/mol. The summed E-state index contributed by atoms with van der Waals surface area (Å²) >= 11 is 0. The van der Waals surface area contributed by atoms with Crippen molar-refractivity contribution in [2.75, 3.05) is 12.3 Å². The molecule has 0 radical (unpaired) electrons. The fourth-order valence-corrected chi connectivity index (χ4v) is 0.981. The lowest BCUT2D eigenvalue weighted by Gasteiger charge is -2.17.